The minimum atomic E-state index is -0.404. The summed E-state index contributed by atoms with van der Waals surface area (Å²) in [5, 5.41) is 0. The Bertz CT molecular complexity index is 1670. The number of hydrogen-bond acceptors (Lipinski definition) is 3. The molecule has 6 aromatic rings. The van der Waals surface area contributed by atoms with Gasteiger partial charge in [-0.3, -0.25) is 0 Å². The Morgan fingerprint density at radius 3 is 0.950 bits per heavy atom. The van der Waals surface area contributed by atoms with E-state index in [0.29, 0.717) is 33.9 Å². The van der Waals surface area contributed by atoms with Crippen LogP contribution in [0.5, 0.6) is 0 Å². The summed E-state index contributed by atoms with van der Waals surface area (Å²) in [6.07, 6.45) is 12.1. The Hall–Kier alpha value is -3.99. The standard InChI is InChI=1S/C30H27BN6S3/c38-28-32(22-25-10-4-1-5-11-25)16-19-35(28)31(36-20-17-33(29(36)39)23-26-12-6-2-7-13-26)37-21-18-34(30(37)40)24-27-14-8-3-9-15-27/h1-21H,22-24H2. The number of nitrogens with zero attached hydrogens (tertiary/aromatic N) is 6. The number of rotatable bonds is 9. The summed E-state index contributed by atoms with van der Waals surface area (Å²) in [6, 6.07) is 31.0. The second-order valence-electron chi connectivity index (χ2n) is 9.65. The zero-order valence-electron chi connectivity index (χ0n) is 21.7. The molecule has 0 amide bonds. The maximum atomic E-state index is 6.03. The Balaban J connectivity index is 1.43. The van der Waals surface area contributed by atoms with Crippen LogP contribution in [0.1, 0.15) is 16.7 Å². The Labute approximate surface area is 248 Å². The van der Waals surface area contributed by atoms with E-state index in [0.717, 1.165) is 0 Å². The minimum absolute atomic E-state index is 0.404. The summed E-state index contributed by atoms with van der Waals surface area (Å²) in [5.74, 6) is 0. The van der Waals surface area contributed by atoms with Crippen molar-refractivity contribution < 1.29 is 0 Å². The van der Waals surface area contributed by atoms with Gasteiger partial charge >= 0.3 is 7.12 Å². The second-order valence-corrected chi connectivity index (χ2v) is 10.7. The van der Waals surface area contributed by atoms with Crippen molar-refractivity contribution in [2.24, 2.45) is 0 Å². The first kappa shape index (κ1) is 26.2. The molecular weight excluding hydrogens is 551 g/mol. The molecule has 0 N–H and O–H groups in total. The maximum absolute atomic E-state index is 6.03. The molecule has 40 heavy (non-hydrogen) atoms. The van der Waals surface area contributed by atoms with E-state index < -0.39 is 7.12 Å². The van der Waals surface area contributed by atoms with E-state index in [1.165, 1.54) is 16.7 Å². The van der Waals surface area contributed by atoms with Gasteiger partial charge < -0.3 is 27.1 Å². The molecule has 3 heterocycles. The van der Waals surface area contributed by atoms with Crippen LogP contribution in [-0.4, -0.2) is 34.3 Å². The molecule has 0 saturated carbocycles. The molecule has 0 radical (unpaired) electrons. The lowest BCUT2D eigenvalue weighted by Gasteiger charge is -2.17. The van der Waals surface area contributed by atoms with Gasteiger partial charge in [-0.15, -0.1) is 0 Å². The van der Waals surface area contributed by atoms with Gasteiger partial charge in [-0.1, -0.05) is 91.0 Å². The molecule has 3 aromatic carbocycles. The van der Waals surface area contributed by atoms with Crippen LogP contribution in [0.2, 0.25) is 0 Å². The largest absolute Gasteiger partial charge is 0.523 e. The zero-order valence-corrected chi connectivity index (χ0v) is 24.2. The molecule has 6 nitrogen and oxygen atoms in total. The predicted molar refractivity (Wildman–Crippen MR) is 168 cm³/mol. The van der Waals surface area contributed by atoms with E-state index >= 15 is 0 Å². The quantitative estimate of drug-likeness (QED) is 0.140. The highest BCUT2D eigenvalue weighted by molar-refractivity contribution is 7.71. The Morgan fingerprint density at radius 1 is 0.400 bits per heavy atom. The fourth-order valence-corrected chi connectivity index (χ4v) is 5.76. The van der Waals surface area contributed by atoms with E-state index in [2.05, 4.69) is 63.5 Å². The van der Waals surface area contributed by atoms with E-state index in [1.54, 1.807) is 0 Å². The summed E-state index contributed by atoms with van der Waals surface area (Å²) in [4.78, 5) is 0. The molecule has 0 saturated heterocycles. The summed E-state index contributed by atoms with van der Waals surface area (Å²) < 4.78 is 14.5. The molecule has 3 aromatic heterocycles. The van der Waals surface area contributed by atoms with Crippen molar-refractivity contribution in [2.75, 3.05) is 0 Å². The summed E-state index contributed by atoms with van der Waals surface area (Å²) in [5.41, 5.74) is 3.55. The molecule has 0 spiro atoms. The van der Waals surface area contributed by atoms with E-state index in [9.17, 15) is 0 Å². The smallest absolute Gasteiger partial charge is 0.327 e. The van der Waals surface area contributed by atoms with Crippen molar-refractivity contribution in [3.63, 3.8) is 0 Å². The van der Waals surface area contributed by atoms with Crippen molar-refractivity contribution >= 4 is 43.8 Å². The van der Waals surface area contributed by atoms with Crippen molar-refractivity contribution in [3.8, 4) is 0 Å². The fraction of sp³-hybridized carbons (Fsp3) is 0.100. The first-order valence-corrected chi connectivity index (χ1v) is 14.2. The van der Waals surface area contributed by atoms with Gasteiger partial charge in [0.2, 0.25) is 0 Å². The molecule has 0 aliphatic carbocycles. The van der Waals surface area contributed by atoms with Crippen LogP contribution in [0.3, 0.4) is 0 Å². The SMILES string of the molecule is S=c1n(Cc2ccccc2)ccn1B(n1ccn(Cc2ccccc2)c1=S)n1ccn(Cc2ccccc2)c1=S. The highest BCUT2D eigenvalue weighted by Crippen LogP contribution is 2.14. The third-order valence-corrected chi connectivity index (χ3v) is 8.29. The first-order chi connectivity index (χ1) is 19.6. The van der Waals surface area contributed by atoms with Crippen molar-refractivity contribution in [3.05, 3.63) is 159 Å². The molecule has 198 valence electrons. The van der Waals surface area contributed by atoms with Gasteiger partial charge in [0, 0.05) is 56.8 Å². The molecule has 0 bridgehead atoms. The Morgan fingerprint density at radius 2 is 0.675 bits per heavy atom. The van der Waals surface area contributed by atoms with Gasteiger partial charge in [-0.2, -0.15) is 0 Å². The fourth-order valence-electron chi connectivity index (χ4n) is 4.92. The lowest BCUT2D eigenvalue weighted by molar-refractivity contribution is 0.748. The van der Waals surface area contributed by atoms with Crippen molar-refractivity contribution in [2.45, 2.75) is 19.6 Å². The molecule has 6 rings (SSSR count). The Kier molecular flexibility index (Phi) is 7.63. The van der Waals surface area contributed by atoms with Gasteiger partial charge in [0.1, 0.15) is 0 Å². The van der Waals surface area contributed by atoms with E-state index in [4.69, 9.17) is 36.7 Å². The van der Waals surface area contributed by atoms with Crippen molar-refractivity contribution in [1.82, 2.24) is 27.1 Å². The lowest BCUT2D eigenvalue weighted by atomic mass is 9.92. The van der Waals surface area contributed by atoms with Crippen LogP contribution < -0.4 is 0 Å². The third-order valence-electron chi connectivity index (χ3n) is 6.96. The molecule has 0 aliphatic heterocycles. The average Bonchev–Trinajstić information content (AvgIpc) is 3.65. The van der Waals surface area contributed by atoms with Gasteiger partial charge in [0.25, 0.3) is 0 Å². The monoisotopic (exact) mass is 578 g/mol. The maximum Gasteiger partial charge on any atom is 0.523 e. The normalized spacial score (nSPS) is 11.1. The van der Waals surface area contributed by atoms with E-state index in [1.807, 2.05) is 91.8 Å². The lowest BCUT2D eigenvalue weighted by Crippen LogP contribution is -2.41. The summed E-state index contributed by atoms with van der Waals surface area (Å²) in [6.45, 7) is 2.04. The van der Waals surface area contributed by atoms with Gasteiger partial charge in [0.15, 0.2) is 14.3 Å². The van der Waals surface area contributed by atoms with Crippen LogP contribution in [0.15, 0.2) is 128 Å². The molecule has 0 unspecified atom stereocenters. The molecular formula is C30H27BN6S3. The molecule has 10 heteroatoms. The number of aromatic nitrogens is 6. The summed E-state index contributed by atoms with van der Waals surface area (Å²) >= 11 is 18.1. The van der Waals surface area contributed by atoms with Crippen LogP contribution in [0.4, 0.5) is 0 Å². The van der Waals surface area contributed by atoms with Crippen LogP contribution in [-0.2, 0) is 19.6 Å². The molecule has 0 aliphatic rings. The van der Waals surface area contributed by atoms with Crippen LogP contribution >= 0.6 is 36.7 Å². The number of hydrogen-bond donors (Lipinski definition) is 0. The molecule has 0 fully saturated rings. The second kappa shape index (κ2) is 11.6. The zero-order chi connectivity index (χ0) is 27.5. The predicted octanol–water partition coefficient (Wildman–Crippen LogP) is 6.76. The van der Waals surface area contributed by atoms with E-state index in [-0.39, 0.29) is 0 Å². The third kappa shape index (κ3) is 5.38. The highest BCUT2D eigenvalue weighted by atomic mass is 32.1. The first-order valence-electron chi connectivity index (χ1n) is 13.0. The highest BCUT2D eigenvalue weighted by Gasteiger charge is 2.28. The summed E-state index contributed by atoms with van der Waals surface area (Å²) in [7, 11) is -0.404. The van der Waals surface area contributed by atoms with Crippen LogP contribution in [0, 0.1) is 14.3 Å². The van der Waals surface area contributed by atoms with Gasteiger partial charge in [-0.05, 0) is 53.3 Å². The molecule has 0 atom stereocenters. The minimum Gasteiger partial charge on any atom is -0.327 e. The topological polar surface area (TPSA) is 29.6 Å². The van der Waals surface area contributed by atoms with Crippen LogP contribution in [0.25, 0.3) is 0 Å². The van der Waals surface area contributed by atoms with Crippen molar-refractivity contribution in [1.29, 1.82) is 0 Å². The number of benzene rings is 3. The average molecular weight is 579 g/mol. The number of imidazole rings is 3. The van der Waals surface area contributed by atoms with Gasteiger partial charge in [0.05, 0.1) is 0 Å². The van der Waals surface area contributed by atoms with Gasteiger partial charge in [-0.25, -0.2) is 0 Å².